The number of hydrogen-bond acceptors (Lipinski definition) is 5. The van der Waals surface area contributed by atoms with Gasteiger partial charge in [-0.1, -0.05) is 25.1 Å². The summed E-state index contributed by atoms with van der Waals surface area (Å²) in [6.45, 7) is 4.48. The SMILES string of the molecule is CCCOc1ccc(C(O)=C2C(=O)C(=O)N(Cc3cccnc3)C2c2ccc(F)cc2)c(C)c1. The molecule has 1 unspecified atom stereocenters. The number of aromatic nitrogens is 1. The van der Waals surface area contributed by atoms with Crippen LogP contribution in [0.2, 0.25) is 0 Å². The predicted octanol–water partition coefficient (Wildman–Crippen LogP) is 4.94. The van der Waals surface area contributed by atoms with Crippen molar-refractivity contribution in [2.24, 2.45) is 0 Å². The van der Waals surface area contributed by atoms with Crippen LogP contribution in [-0.2, 0) is 16.1 Å². The zero-order valence-electron chi connectivity index (χ0n) is 19.0. The summed E-state index contributed by atoms with van der Waals surface area (Å²) in [4.78, 5) is 31.7. The number of Topliss-reactive ketones (excluding diaryl/α,β-unsaturated/α-hetero) is 1. The molecule has 2 aromatic carbocycles. The number of amides is 1. The Morgan fingerprint density at radius 1 is 1.15 bits per heavy atom. The van der Waals surface area contributed by atoms with Crippen LogP contribution in [0.4, 0.5) is 4.39 Å². The molecule has 1 N–H and O–H groups in total. The lowest BCUT2D eigenvalue weighted by Crippen LogP contribution is -2.29. The zero-order chi connectivity index (χ0) is 24.2. The summed E-state index contributed by atoms with van der Waals surface area (Å²) in [7, 11) is 0. The molecule has 1 aliphatic rings. The number of aliphatic hydroxyl groups excluding tert-OH is 1. The number of halogens is 1. The number of carbonyl (C=O) groups is 2. The van der Waals surface area contributed by atoms with Crippen molar-refractivity contribution in [2.75, 3.05) is 6.61 Å². The van der Waals surface area contributed by atoms with Gasteiger partial charge in [-0.3, -0.25) is 14.6 Å². The molecule has 1 atom stereocenters. The number of nitrogens with zero attached hydrogens (tertiary/aromatic N) is 2. The van der Waals surface area contributed by atoms with E-state index in [2.05, 4.69) is 4.98 Å². The molecule has 1 amide bonds. The second-order valence-corrected chi connectivity index (χ2v) is 8.17. The van der Waals surface area contributed by atoms with Gasteiger partial charge in [0.2, 0.25) is 0 Å². The highest BCUT2D eigenvalue weighted by atomic mass is 19.1. The van der Waals surface area contributed by atoms with E-state index in [0.717, 1.165) is 12.0 Å². The average molecular weight is 461 g/mol. The Balaban J connectivity index is 1.82. The Bertz CT molecular complexity index is 1240. The molecule has 1 aliphatic heterocycles. The first-order valence-electron chi connectivity index (χ1n) is 11.1. The lowest BCUT2D eigenvalue weighted by molar-refractivity contribution is -0.140. The van der Waals surface area contributed by atoms with Crippen molar-refractivity contribution in [3.05, 3.63) is 101 Å². The van der Waals surface area contributed by atoms with Crippen molar-refractivity contribution in [2.45, 2.75) is 32.9 Å². The quantitative estimate of drug-likeness (QED) is 0.307. The fourth-order valence-electron chi connectivity index (χ4n) is 4.08. The summed E-state index contributed by atoms with van der Waals surface area (Å²) in [6.07, 6.45) is 4.09. The van der Waals surface area contributed by atoms with Gasteiger partial charge in [-0.15, -0.1) is 0 Å². The molecule has 174 valence electrons. The third-order valence-corrected chi connectivity index (χ3v) is 5.73. The molecule has 7 heteroatoms. The van der Waals surface area contributed by atoms with Gasteiger partial charge in [0, 0.05) is 24.5 Å². The zero-order valence-corrected chi connectivity index (χ0v) is 19.0. The van der Waals surface area contributed by atoms with E-state index in [1.165, 1.54) is 29.2 Å². The number of aryl methyl sites for hydroxylation is 1. The maximum absolute atomic E-state index is 13.6. The summed E-state index contributed by atoms with van der Waals surface area (Å²) in [6, 6.07) is 13.4. The maximum atomic E-state index is 13.6. The van der Waals surface area contributed by atoms with Gasteiger partial charge < -0.3 is 14.7 Å². The number of rotatable bonds is 7. The number of likely N-dealkylation sites (tertiary alicyclic amines) is 1. The Morgan fingerprint density at radius 2 is 1.91 bits per heavy atom. The Hall–Kier alpha value is -4.00. The van der Waals surface area contributed by atoms with Crippen LogP contribution in [0.25, 0.3) is 5.76 Å². The molecule has 3 aromatic rings. The smallest absolute Gasteiger partial charge is 0.295 e. The van der Waals surface area contributed by atoms with Crippen LogP contribution in [-0.4, -0.2) is 33.3 Å². The van der Waals surface area contributed by atoms with Crippen molar-refractivity contribution in [1.82, 2.24) is 9.88 Å². The number of carbonyl (C=O) groups excluding carboxylic acids is 2. The molecule has 0 aliphatic carbocycles. The second kappa shape index (κ2) is 9.87. The summed E-state index contributed by atoms with van der Waals surface area (Å²) < 4.78 is 19.3. The largest absolute Gasteiger partial charge is 0.507 e. The van der Waals surface area contributed by atoms with Crippen LogP contribution < -0.4 is 4.74 Å². The molecule has 6 nitrogen and oxygen atoms in total. The number of pyridine rings is 1. The summed E-state index contributed by atoms with van der Waals surface area (Å²) in [5, 5.41) is 11.3. The predicted molar refractivity (Wildman–Crippen MR) is 125 cm³/mol. The Kier molecular flexibility index (Phi) is 6.72. The van der Waals surface area contributed by atoms with E-state index in [-0.39, 0.29) is 17.9 Å². The van der Waals surface area contributed by atoms with E-state index in [0.29, 0.717) is 29.0 Å². The number of benzene rings is 2. The summed E-state index contributed by atoms with van der Waals surface area (Å²) >= 11 is 0. The average Bonchev–Trinajstić information content (AvgIpc) is 3.08. The highest BCUT2D eigenvalue weighted by molar-refractivity contribution is 6.46. The van der Waals surface area contributed by atoms with Gasteiger partial charge in [-0.05, 0) is 66.4 Å². The molecule has 1 aromatic heterocycles. The highest BCUT2D eigenvalue weighted by Crippen LogP contribution is 2.41. The minimum atomic E-state index is -0.878. The summed E-state index contributed by atoms with van der Waals surface area (Å²) in [5.41, 5.74) is 2.33. The van der Waals surface area contributed by atoms with Crippen molar-refractivity contribution in [3.63, 3.8) is 0 Å². The first-order chi connectivity index (χ1) is 16.4. The molecule has 1 fully saturated rings. The molecule has 4 rings (SSSR count). The van der Waals surface area contributed by atoms with E-state index in [1.54, 1.807) is 49.6 Å². The van der Waals surface area contributed by atoms with E-state index < -0.39 is 23.5 Å². The lowest BCUT2D eigenvalue weighted by Gasteiger charge is -2.25. The number of ether oxygens (including phenoxy) is 1. The van der Waals surface area contributed by atoms with Crippen LogP contribution in [0, 0.1) is 12.7 Å². The van der Waals surface area contributed by atoms with E-state index in [1.807, 2.05) is 6.92 Å². The first-order valence-corrected chi connectivity index (χ1v) is 11.1. The van der Waals surface area contributed by atoms with Crippen molar-refractivity contribution in [3.8, 4) is 5.75 Å². The monoisotopic (exact) mass is 460 g/mol. The van der Waals surface area contributed by atoms with Gasteiger partial charge in [-0.25, -0.2) is 4.39 Å². The molecule has 0 saturated carbocycles. The molecule has 34 heavy (non-hydrogen) atoms. The van der Waals surface area contributed by atoms with Gasteiger partial charge in [-0.2, -0.15) is 0 Å². The number of ketones is 1. The summed E-state index contributed by atoms with van der Waals surface area (Å²) in [5.74, 6) is -1.59. The second-order valence-electron chi connectivity index (χ2n) is 8.17. The van der Waals surface area contributed by atoms with Crippen LogP contribution in [0.1, 0.15) is 41.6 Å². The minimum absolute atomic E-state index is 0.0363. The van der Waals surface area contributed by atoms with Crippen LogP contribution in [0.5, 0.6) is 5.75 Å². The van der Waals surface area contributed by atoms with E-state index in [4.69, 9.17) is 4.74 Å². The van der Waals surface area contributed by atoms with Gasteiger partial charge in [0.1, 0.15) is 17.3 Å². The molecule has 2 heterocycles. The van der Waals surface area contributed by atoms with Crippen LogP contribution in [0.15, 0.2) is 72.6 Å². The first kappa shape index (κ1) is 23.2. The Labute approximate surface area is 197 Å². The molecule has 0 spiro atoms. The van der Waals surface area contributed by atoms with E-state index >= 15 is 0 Å². The number of aliphatic hydroxyl groups is 1. The van der Waals surface area contributed by atoms with Gasteiger partial charge in [0.05, 0.1) is 18.2 Å². The normalized spacial score (nSPS) is 17.3. The van der Waals surface area contributed by atoms with Crippen molar-refractivity contribution in [1.29, 1.82) is 0 Å². The van der Waals surface area contributed by atoms with E-state index in [9.17, 15) is 19.1 Å². The topological polar surface area (TPSA) is 79.7 Å². The van der Waals surface area contributed by atoms with Gasteiger partial charge >= 0.3 is 0 Å². The van der Waals surface area contributed by atoms with Crippen LogP contribution >= 0.6 is 0 Å². The van der Waals surface area contributed by atoms with Gasteiger partial charge in [0.15, 0.2) is 0 Å². The van der Waals surface area contributed by atoms with Crippen molar-refractivity contribution >= 4 is 17.4 Å². The third-order valence-electron chi connectivity index (χ3n) is 5.73. The van der Waals surface area contributed by atoms with Crippen molar-refractivity contribution < 1.29 is 23.8 Å². The molecule has 1 saturated heterocycles. The molecule has 0 bridgehead atoms. The maximum Gasteiger partial charge on any atom is 0.295 e. The standard InChI is InChI=1S/C27H25FN2O4/c1-3-13-34-21-10-11-22(17(2)14-21)25(31)23-24(19-6-8-20(28)9-7-19)30(27(33)26(23)32)16-18-5-4-12-29-15-18/h4-12,14-15,24,31H,3,13,16H2,1-2H3. The fraction of sp³-hybridized carbons (Fsp3) is 0.222. The third kappa shape index (κ3) is 4.55. The number of hydrogen-bond donors (Lipinski definition) is 1. The lowest BCUT2D eigenvalue weighted by atomic mass is 9.93. The Morgan fingerprint density at radius 3 is 2.56 bits per heavy atom. The molecule has 0 radical (unpaired) electrons. The van der Waals surface area contributed by atoms with Gasteiger partial charge in [0.25, 0.3) is 11.7 Å². The molecular weight excluding hydrogens is 435 g/mol. The highest BCUT2D eigenvalue weighted by Gasteiger charge is 2.46. The van der Waals surface area contributed by atoms with Crippen LogP contribution in [0.3, 0.4) is 0 Å². The molecular formula is C27H25FN2O4. The minimum Gasteiger partial charge on any atom is -0.507 e. The fourth-order valence-corrected chi connectivity index (χ4v) is 4.08.